The highest BCUT2D eigenvalue weighted by Gasteiger charge is 2.42. The summed E-state index contributed by atoms with van der Waals surface area (Å²) in [5, 5.41) is 15.7. The zero-order valence-corrected chi connectivity index (χ0v) is 32.2. The molecular formula is C37H36N11O10P. The van der Waals surface area contributed by atoms with Crippen molar-refractivity contribution in [2.45, 2.75) is 63.0 Å². The number of fused-ring (bicyclic) bond motifs is 1. The van der Waals surface area contributed by atoms with Crippen molar-refractivity contribution in [1.82, 2.24) is 29.1 Å². The SMILES string of the molecule is Cc1cn([C@H]2C[C@H](N=[N+]=[N-])[C@@H](COP(OCCC#N)OC[C@@H]3C[C@@H](OC(=O)c4ccccc4)[C@H](n4cnc5c(NC(=O)c6ccccc6)ncnc54)O3)O2)c(=O)[nH]c1=O. The molecule has 1 unspecified atom stereocenters. The number of carbonyl (C=O) groups excluding carboxylic acids is 2. The number of aryl methyl sites for hydroxylation is 1. The molecule has 2 fully saturated rings. The molecule has 2 N–H and O–H groups in total. The highest BCUT2D eigenvalue weighted by atomic mass is 31.2. The lowest BCUT2D eigenvalue weighted by Crippen LogP contribution is -2.33. The maximum atomic E-state index is 13.3. The molecule has 2 aliphatic rings. The van der Waals surface area contributed by atoms with E-state index < -0.39 is 68.5 Å². The Morgan fingerprint density at radius 2 is 1.76 bits per heavy atom. The lowest BCUT2D eigenvalue weighted by molar-refractivity contribution is -0.0569. The van der Waals surface area contributed by atoms with Crippen molar-refractivity contribution in [3.05, 3.63) is 127 Å². The number of aromatic nitrogens is 6. The predicted molar refractivity (Wildman–Crippen MR) is 206 cm³/mol. The molecule has 59 heavy (non-hydrogen) atoms. The first-order valence-electron chi connectivity index (χ1n) is 18.2. The lowest BCUT2D eigenvalue weighted by Gasteiger charge is -2.22. The number of ether oxygens (including phenoxy) is 3. The molecule has 7 rings (SSSR count). The Hall–Kier alpha value is -6.36. The summed E-state index contributed by atoms with van der Waals surface area (Å²) in [7, 11) is -2.15. The molecule has 2 saturated heterocycles. The second-order valence-corrected chi connectivity index (χ2v) is 14.5. The Balaban J connectivity index is 1.07. The molecule has 0 saturated carbocycles. The van der Waals surface area contributed by atoms with E-state index in [0.717, 1.165) is 0 Å². The molecule has 1 amide bonds. The standard InChI is InChI=1S/C37H36N11O10P/c1-22-17-47(37(52)44-33(22)49)29-16-26(45-46-39)28(57-29)19-55-59(53-14-8-13-38)54-18-25-15-27(58-36(51)24-11-6-3-7-12-24)35(56-25)48-21-42-30-31(40-20-41-32(30)48)43-34(50)23-9-4-2-5-10-23/h2-7,9-12,17,20-21,25-29,35H,8,14-16,18-19H2,1H3,(H,44,49,52)(H,40,41,43,50)/t25-,26-,27+,28+,29+,35+,59?/m0/s1. The summed E-state index contributed by atoms with van der Waals surface area (Å²) in [6, 6.07) is 18.3. The van der Waals surface area contributed by atoms with E-state index in [-0.39, 0.29) is 56.0 Å². The first-order chi connectivity index (χ1) is 28.7. The second-order valence-electron chi connectivity index (χ2n) is 13.2. The van der Waals surface area contributed by atoms with Gasteiger partial charge in [0.1, 0.15) is 18.7 Å². The van der Waals surface area contributed by atoms with Crippen LogP contribution in [-0.2, 0) is 27.8 Å². The van der Waals surface area contributed by atoms with Crippen molar-refractivity contribution < 1.29 is 37.4 Å². The van der Waals surface area contributed by atoms with Crippen LogP contribution in [0.1, 0.15) is 58.0 Å². The highest BCUT2D eigenvalue weighted by Crippen LogP contribution is 2.43. The Kier molecular flexibility index (Phi) is 13.1. The molecule has 5 heterocycles. The van der Waals surface area contributed by atoms with Crippen molar-refractivity contribution in [1.29, 1.82) is 5.26 Å². The summed E-state index contributed by atoms with van der Waals surface area (Å²) in [4.78, 5) is 69.0. The zero-order chi connectivity index (χ0) is 41.3. The number of amides is 1. The fourth-order valence-electron chi connectivity index (χ4n) is 6.43. The monoisotopic (exact) mass is 825 g/mol. The molecule has 7 atom stereocenters. The second kappa shape index (κ2) is 18.9. The molecule has 3 aromatic heterocycles. The largest absolute Gasteiger partial charge is 0.454 e. The number of aromatic amines is 1. The maximum absolute atomic E-state index is 13.3. The highest BCUT2D eigenvalue weighted by molar-refractivity contribution is 7.41. The maximum Gasteiger partial charge on any atom is 0.338 e. The van der Waals surface area contributed by atoms with Crippen LogP contribution in [0.5, 0.6) is 0 Å². The van der Waals surface area contributed by atoms with Crippen molar-refractivity contribution in [2.24, 2.45) is 5.11 Å². The van der Waals surface area contributed by atoms with E-state index in [1.165, 1.54) is 23.4 Å². The number of carbonyl (C=O) groups is 2. The summed E-state index contributed by atoms with van der Waals surface area (Å²) in [5.41, 5.74) is 9.62. The number of nitriles is 1. The van der Waals surface area contributed by atoms with Crippen LogP contribution in [0.15, 0.2) is 94.2 Å². The summed E-state index contributed by atoms with van der Waals surface area (Å²) in [6.07, 6.45) is 0.179. The number of azide groups is 1. The fraction of sp³-hybridized carbons (Fsp3) is 0.351. The van der Waals surface area contributed by atoms with Crippen LogP contribution in [0.2, 0.25) is 0 Å². The van der Waals surface area contributed by atoms with Gasteiger partial charge >= 0.3 is 20.3 Å². The first kappa shape index (κ1) is 40.8. The minimum absolute atomic E-state index is 0.0302. The Labute approximate surface area is 335 Å². The quantitative estimate of drug-likeness (QED) is 0.0344. The number of hydrogen-bond acceptors (Lipinski definition) is 15. The number of imidazole rings is 1. The van der Waals surface area contributed by atoms with E-state index in [1.54, 1.807) is 72.2 Å². The molecule has 21 nitrogen and oxygen atoms in total. The lowest BCUT2D eigenvalue weighted by atomic mass is 10.1. The molecule has 0 aliphatic carbocycles. The average molecular weight is 826 g/mol. The van der Waals surface area contributed by atoms with E-state index >= 15 is 0 Å². The van der Waals surface area contributed by atoms with E-state index in [0.29, 0.717) is 16.8 Å². The number of nitrogens with one attached hydrogen (secondary N) is 2. The summed E-state index contributed by atoms with van der Waals surface area (Å²) < 4.78 is 39.1. The van der Waals surface area contributed by atoms with Gasteiger partial charge in [0.2, 0.25) is 0 Å². The van der Waals surface area contributed by atoms with Gasteiger partial charge in [0.15, 0.2) is 23.2 Å². The third-order valence-electron chi connectivity index (χ3n) is 9.29. The molecule has 0 bridgehead atoms. The number of hydrogen-bond donors (Lipinski definition) is 2. The topological polar surface area (TPSA) is 273 Å². The summed E-state index contributed by atoms with van der Waals surface area (Å²) >= 11 is 0. The van der Waals surface area contributed by atoms with Gasteiger partial charge in [0.05, 0.1) is 62.5 Å². The number of nitrogens with zero attached hydrogens (tertiary/aromatic N) is 9. The minimum atomic E-state index is -2.15. The van der Waals surface area contributed by atoms with Crippen LogP contribution in [0, 0.1) is 18.3 Å². The van der Waals surface area contributed by atoms with Crippen LogP contribution in [0.4, 0.5) is 5.82 Å². The van der Waals surface area contributed by atoms with Gasteiger partial charge in [-0.15, -0.1) is 0 Å². The van der Waals surface area contributed by atoms with Gasteiger partial charge in [0.25, 0.3) is 11.5 Å². The number of benzene rings is 2. The predicted octanol–water partition coefficient (Wildman–Crippen LogP) is 4.61. The van der Waals surface area contributed by atoms with Gasteiger partial charge < -0.3 is 33.1 Å². The molecule has 304 valence electrons. The Morgan fingerprint density at radius 3 is 2.51 bits per heavy atom. The average Bonchev–Trinajstić information content (AvgIpc) is 3.98. The van der Waals surface area contributed by atoms with E-state index in [1.807, 2.05) is 6.07 Å². The summed E-state index contributed by atoms with van der Waals surface area (Å²) in [5.74, 6) is -0.821. The number of anilines is 1. The van der Waals surface area contributed by atoms with Crippen LogP contribution in [0.25, 0.3) is 21.6 Å². The van der Waals surface area contributed by atoms with E-state index in [2.05, 4.69) is 35.3 Å². The van der Waals surface area contributed by atoms with Crippen molar-refractivity contribution in [3.8, 4) is 6.07 Å². The van der Waals surface area contributed by atoms with Gasteiger partial charge in [0, 0.05) is 35.1 Å². The van der Waals surface area contributed by atoms with E-state index in [9.17, 15) is 24.7 Å². The van der Waals surface area contributed by atoms with Crippen LogP contribution < -0.4 is 16.6 Å². The molecule has 5 aromatic rings. The first-order valence-corrected chi connectivity index (χ1v) is 19.3. The normalized spacial score (nSPS) is 21.7. The molecule has 2 aromatic carbocycles. The van der Waals surface area contributed by atoms with Gasteiger partial charge in [-0.3, -0.25) is 23.7 Å². The van der Waals surface area contributed by atoms with Crippen LogP contribution >= 0.6 is 8.60 Å². The summed E-state index contributed by atoms with van der Waals surface area (Å²) in [6.45, 7) is 1.21. The molecule has 2 aliphatic heterocycles. The fourth-order valence-corrected chi connectivity index (χ4v) is 7.45. The molecule has 0 radical (unpaired) electrons. The van der Waals surface area contributed by atoms with Gasteiger partial charge in [-0.2, -0.15) is 5.26 Å². The third-order valence-corrected chi connectivity index (χ3v) is 10.4. The molecular weight excluding hydrogens is 789 g/mol. The van der Waals surface area contributed by atoms with Crippen LogP contribution in [-0.4, -0.2) is 85.1 Å². The van der Waals surface area contributed by atoms with Crippen molar-refractivity contribution in [3.63, 3.8) is 0 Å². The Bertz CT molecular complexity index is 2490. The Morgan fingerprint density at radius 1 is 1.02 bits per heavy atom. The van der Waals surface area contributed by atoms with Gasteiger partial charge in [-0.05, 0) is 36.7 Å². The number of esters is 1. The zero-order valence-electron chi connectivity index (χ0n) is 31.3. The third kappa shape index (κ3) is 9.68. The van der Waals surface area contributed by atoms with Gasteiger partial charge in [-0.1, -0.05) is 41.5 Å². The van der Waals surface area contributed by atoms with Crippen molar-refractivity contribution >= 4 is 37.5 Å². The van der Waals surface area contributed by atoms with Crippen molar-refractivity contribution in [2.75, 3.05) is 25.1 Å². The minimum Gasteiger partial charge on any atom is -0.454 e. The molecule has 22 heteroatoms. The number of H-pyrrole nitrogens is 1. The molecule has 0 spiro atoms. The van der Waals surface area contributed by atoms with E-state index in [4.69, 9.17) is 33.0 Å². The number of rotatable bonds is 16. The smallest absolute Gasteiger partial charge is 0.338 e. The van der Waals surface area contributed by atoms with Crippen LogP contribution in [0.3, 0.4) is 0 Å². The van der Waals surface area contributed by atoms with Gasteiger partial charge in [-0.25, -0.2) is 24.5 Å².